The Hall–Kier alpha value is -2.86. The third kappa shape index (κ3) is 4.03. The molecule has 0 spiro atoms. The lowest BCUT2D eigenvalue weighted by atomic mass is 10.1. The Morgan fingerprint density at radius 2 is 1.73 bits per heavy atom. The predicted octanol–water partition coefficient (Wildman–Crippen LogP) is 3.84. The maximum absolute atomic E-state index is 12.4. The fourth-order valence-electron chi connectivity index (χ4n) is 2.46. The highest BCUT2D eigenvalue weighted by Crippen LogP contribution is 2.27. The molecule has 5 nitrogen and oxygen atoms in total. The van der Waals surface area contributed by atoms with Gasteiger partial charge in [-0.1, -0.05) is 49.1 Å². The van der Waals surface area contributed by atoms with Gasteiger partial charge in [-0.05, 0) is 23.3 Å². The molecule has 3 rings (SSSR count). The van der Waals surface area contributed by atoms with E-state index >= 15 is 0 Å². The van der Waals surface area contributed by atoms with Crippen molar-refractivity contribution in [2.75, 3.05) is 0 Å². The predicted molar refractivity (Wildman–Crippen MR) is 99.0 cm³/mol. The van der Waals surface area contributed by atoms with Gasteiger partial charge in [0.15, 0.2) is 0 Å². The Kier molecular flexibility index (Phi) is 5.53. The lowest BCUT2D eigenvalue weighted by Crippen LogP contribution is -2.32. The summed E-state index contributed by atoms with van der Waals surface area (Å²) in [6.45, 7) is 3.73. The molecule has 26 heavy (non-hydrogen) atoms. The molecule has 0 bridgehead atoms. The third-order valence-corrected chi connectivity index (χ3v) is 5.04. The zero-order chi connectivity index (χ0) is 18.5. The van der Waals surface area contributed by atoms with E-state index in [1.807, 2.05) is 36.4 Å². The SMILES string of the molecule is C=Cc1ccc(CSc2ccccc2C(=O)ON2C(=O)CCC2=O)cc1. The summed E-state index contributed by atoms with van der Waals surface area (Å²) < 4.78 is 0. The van der Waals surface area contributed by atoms with Crippen LogP contribution in [0.1, 0.15) is 34.3 Å². The van der Waals surface area contributed by atoms with Gasteiger partial charge in [-0.25, -0.2) is 4.79 Å². The summed E-state index contributed by atoms with van der Waals surface area (Å²) in [6, 6.07) is 14.9. The summed E-state index contributed by atoms with van der Waals surface area (Å²) in [5.74, 6) is -1.02. The topological polar surface area (TPSA) is 63.7 Å². The monoisotopic (exact) mass is 367 g/mol. The molecule has 1 fully saturated rings. The number of benzene rings is 2. The minimum atomic E-state index is -0.710. The first-order chi connectivity index (χ1) is 12.6. The molecule has 1 heterocycles. The van der Waals surface area contributed by atoms with E-state index in [1.165, 1.54) is 11.8 Å². The van der Waals surface area contributed by atoms with Gasteiger partial charge in [0.05, 0.1) is 5.56 Å². The third-order valence-electron chi connectivity index (χ3n) is 3.90. The number of imide groups is 1. The molecule has 132 valence electrons. The first-order valence-corrected chi connectivity index (χ1v) is 9.08. The van der Waals surface area contributed by atoms with Crippen LogP contribution in [0.4, 0.5) is 0 Å². The summed E-state index contributed by atoms with van der Waals surface area (Å²) in [4.78, 5) is 41.4. The summed E-state index contributed by atoms with van der Waals surface area (Å²) in [6.07, 6.45) is 1.93. The molecule has 2 amide bonds. The molecule has 0 atom stereocenters. The van der Waals surface area contributed by atoms with Crippen LogP contribution in [0.15, 0.2) is 60.0 Å². The van der Waals surface area contributed by atoms with E-state index < -0.39 is 17.8 Å². The molecular weight excluding hydrogens is 350 g/mol. The number of carbonyl (C=O) groups is 3. The smallest absolute Gasteiger partial charge is 0.325 e. The quantitative estimate of drug-likeness (QED) is 0.573. The number of carbonyl (C=O) groups excluding carboxylic acids is 3. The van der Waals surface area contributed by atoms with E-state index in [9.17, 15) is 14.4 Å². The van der Waals surface area contributed by atoms with Gasteiger partial charge in [0.25, 0.3) is 11.8 Å². The van der Waals surface area contributed by atoms with Crippen LogP contribution < -0.4 is 0 Å². The Bertz CT molecular complexity index is 844. The first kappa shape index (κ1) is 17.9. The molecule has 0 N–H and O–H groups in total. The molecule has 0 aromatic heterocycles. The molecule has 0 radical (unpaired) electrons. The lowest BCUT2D eigenvalue weighted by molar-refractivity contribution is -0.172. The van der Waals surface area contributed by atoms with Crippen molar-refractivity contribution in [1.82, 2.24) is 5.06 Å². The molecule has 1 aliphatic rings. The van der Waals surface area contributed by atoms with Crippen LogP contribution in [0.25, 0.3) is 6.08 Å². The van der Waals surface area contributed by atoms with Gasteiger partial charge in [0.2, 0.25) is 0 Å². The summed E-state index contributed by atoms with van der Waals surface area (Å²) >= 11 is 1.49. The van der Waals surface area contributed by atoms with Crippen LogP contribution in [-0.2, 0) is 20.2 Å². The van der Waals surface area contributed by atoms with Gasteiger partial charge in [-0.15, -0.1) is 16.8 Å². The first-order valence-electron chi connectivity index (χ1n) is 8.10. The minimum Gasteiger partial charge on any atom is -0.325 e. The Labute approximate surface area is 155 Å². The average molecular weight is 367 g/mol. The normalized spacial score (nSPS) is 13.8. The van der Waals surface area contributed by atoms with Crippen LogP contribution in [0.2, 0.25) is 0 Å². The standard InChI is InChI=1S/C20H17NO4S/c1-2-14-7-9-15(10-8-14)13-26-17-6-4-3-5-16(17)20(24)25-21-18(22)11-12-19(21)23/h2-10H,1,11-13H2. The largest absolute Gasteiger partial charge is 0.365 e. The van der Waals surface area contributed by atoms with Crippen molar-refractivity contribution in [3.63, 3.8) is 0 Å². The molecule has 1 aliphatic heterocycles. The number of nitrogens with zero attached hydrogens (tertiary/aromatic N) is 1. The number of hydrogen-bond acceptors (Lipinski definition) is 5. The Balaban J connectivity index is 1.70. The molecule has 0 aliphatic carbocycles. The second-order valence-corrected chi connectivity index (χ2v) is 6.71. The van der Waals surface area contributed by atoms with Crippen LogP contribution in [-0.4, -0.2) is 22.8 Å². The number of hydrogen-bond donors (Lipinski definition) is 0. The van der Waals surface area contributed by atoms with Gasteiger partial charge in [0, 0.05) is 23.5 Å². The van der Waals surface area contributed by atoms with E-state index in [0.717, 1.165) is 16.0 Å². The lowest BCUT2D eigenvalue weighted by Gasteiger charge is -2.14. The van der Waals surface area contributed by atoms with Gasteiger partial charge < -0.3 is 4.84 Å². The minimum absolute atomic E-state index is 0.0726. The Morgan fingerprint density at radius 1 is 1.08 bits per heavy atom. The van der Waals surface area contributed by atoms with Crippen molar-refractivity contribution >= 4 is 35.6 Å². The second-order valence-electron chi connectivity index (χ2n) is 5.69. The van der Waals surface area contributed by atoms with E-state index in [4.69, 9.17) is 4.84 Å². The molecule has 0 unspecified atom stereocenters. The van der Waals surface area contributed by atoms with E-state index in [1.54, 1.807) is 18.2 Å². The van der Waals surface area contributed by atoms with Crippen molar-refractivity contribution in [2.45, 2.75) is 23.5 Å². The van der Waals surface area contributed by atoms with Crippen molar-refractivity contribution in [1.29, 1.82) is 0 Å². The van der Waals surface area contributed by atoms with E-state index in [2.05, 4.69) is 6.58 Å². The Morgan fingerprint density at radius 3 is 2.38 bits per heavy atom. The maximum atomic E-state index is 12.4. The van der Waals surface area contributed by atoms with E-state index in [-0.39, 0.29) is 12.8 Å². The number of hydroxylamine groups is 2. The van der Waals surface area contributed by atoms with Crippen molar-refractivity contribution in [3.05, 3.63) is 71.8 Å². The van der Waals surface area contributed by atoms with Crippen molar-refractivity contribution in [2.24, 2.45) is 0 Å². The van der Waals surface area contributed by atoms with E-state index in [0.29, 0.717) is 16.4 Å². The number of amides is 2. The number of thioether (sulfide) groups is 1. The van der Waals surface area contributed by atoms with Crippen molar-refractivity contribution in [3.8, 4) is 0 Å². The van der Waals surface area contributed by atoms with Gasteiger partial charge in [0.1, 0.15) is 0 Å². The van der Waals surface area contributed by atoms with Gasteiger partial charge in [-0.3, -0.25) is 9.59 Å². The summed E-state index contributed by atoms with van der Waals surface area (Å²) in [5.41, 5.74) is 2.48. The van der Waals surface area contributed by atoms with Crippen LogP contribution in [0.5, 0.6) is 0 Å². The highest BCUT2D eigenvalue weighted by Gasteiger charge is 2.33. The zero-order valence-electron chi connectivity index (χ0n) is 14.0. The molecule has 2 aromatic rings. The van der Waals surface area contributed by atoms with Gasteiger partial charge >= 0.3 is 5.97 Å². The molecule has 6 heteroatoms. The molecular formula is C20H17NO4S. The van der Waals surface area contributed by atoms with Crippen LogP contribution in [0.3, 0.4) is 0 Å². The maximum Gasteiger partial charge on any atom is 0.365 e. The fourth-order valence-corrected chi connectivity index (χ4v) is 3.46. The average Bonchev–Trinajstić information content (AvgIpc) is 2.99. The molecule has 1 saturated heterocycles. The highest BCUT2D eigenvalue weighted by atomic mass is 32.2. The zero-order valence-corrected chi connectivity index (χ0v) is 14.8. The van der Waals surface area contributed by atoms with Crippen molar-refractivity contribution < 1.29 is 19.2 Å². The molecule has 2 aromatic carbocycles. The second kappa shape index (κ2) is 8.01. The fraction of sp³-hybridized carbons (Fsp3) is 0.150. The van der Waals surface area contributed by atoms with Gasteiger partial charge in [-0.2, -0.15) is 0 Å². The highest BCUT2D eigenvalue weighted by molar-refractivity contribution is 7.98. The number of rotatable bonds is 6. The van der Waals surface area contributed by atoms with Crippen LogP contribution >= 0.6 is 11.8 Å². The summed E-state index contributed by atoms with van der Waals surface area (Å²) in [5, 5.41) is 0.567. The van der Waals surface area contributed by atoms with Crippen LogP contribution in [0, 0.1) is 0 Å². The summed E-state index contributed by atoms with van der Waals surface area (Å²) in [7, 11) is 0. The molecule has 0 saturated carbocycles.